The quantitative estimate of drug-likeness (QED) is 0.805. The predicted octanol–water partition coefficient (Wildman–Crippen LogP) is 3.52. The van der Waals surface area contributed by atoms with E-state index in [-0.39, 0.29) is 5.82 Å². The minimum atomic E-state index is -0.135. The summed E-state index contributed by atoms with van der Waals surface area (Å²) in [5.74, 6) is 0.420. The van der Waals surface area contributed by atoms with E-state index in [2.05, 4.69) is 33.0 Å². The lowest BCUT2D eigenvalue weighted by atomic mass is 9.97. The first-order chi connectivity index (χ1) is 7.49. The van der Waals surface area contributed by atoms with Crippen LogP contribution in [0.25, 0.3) is 0 Å². The van der Waals surface area contributed by atoms with Gasteiger partial charge < -0.3 is 5.32 Å². The molecule has 0 bridgehead atoms. The Morgan fingerprint density at radius 3 is 2.38 bits per heavy atom. The smallest absolute Gasteiger partial charge is 0.123 e. The Morgan fingerprint density at radius 2 is 1.81 bits per heavy atom. The van der Waals surface area contributed by atoms with Crippen molar-refractivity contribution in [1.82, 2.24) is 5.32 Å². The molecular weight excluding hydrogens is 201 g/mol. The van der Waals surface area contributed by atoms with Gasteiger partial charge in [-0.3, -0.25) is 0 Å². The molecule has 1 aromatic rings. The molecule has 90 valence electrons. The summed E-state index contributed by atoms with van der Waals surface area (Å²) in [5.41, 5.74) is 2.34. The van der Waals surface area contributed by atoms with E-state index in [9.17, 15) is 4.39 Å². The van der Waals surface area contributed by atoms with Crippen LogP contribution in [0.1, 0.15) is 38.8 Å². The largest absolute Gasteiger partial charge is 0.310 e. The SMILES string of the molecule is CC(C)Cc1cc(F)ccc1CNC(C)C. The average molecular weight is 223 g/mol. The number of rotatable bonds is 5. The molecule has 1 rings (SSSR count). The summed E-state index contributed by atoms with van der Waals surface area (Å²) in [6.07, 6.45) is 0.937. The second-order valence-electron chi connectivity index (χ2n) is 5.05. The first-order valence-corrected chi connectivity index (χ1v) is 5.99. The zero-order valence-electron chi connectivity index (χ0n) is 10.7. The van der Waals surface area contributed by atoms with E-state index in [4.69, 9.17) is 0 Å². The van der Waals surface area contributed by atoms with Gasteiger partial charge in [0, 0.05) is 12.6 Å². The van der Waals surface area contributed by atoms with E-state index in [0.717, 1.165) is 18.5 Å². The zero-order chi connectivity index (χ0) is 12.1. The van der Waals surface area contributed by atoms with Gasteiger partial charge >= 0.3 is 0 Å². The monoisotopic (exact) mass is 223 g/mol. The van der Waals surface area contributed by atoms with Gasteiger partial charge in [-0.2, -0.15) is 0 Å². The van der Waals surface area contributed by atoms with E-state index in [1.54, 1.807) is 12.1 Å². The summed E-state index contributed by atoms with van der Waals surface area (Å²) in [7, 11) is 0. The summed E-state index contributed by atoms with van der Waals surface area (Å²) in [5, 5.41) is 3.37. The van der Waals surface area contributed by atoms with Crippen LogP contribution in [0.15, 0.2) is 18.2 Å². The third-order valence-corrected chi connectivity index (χ3v) is 2.50. The van der Waals surface area contributed by atoms with Gasteiger partial charge in [0.25, 0.3) is 0 Å². The van der Waals surface area contributed by atoms with Crippen molar-refractivity contribution >= 4 is 0 Å². The Morgan fingerprint density at radius 1 is 1.12 bits per heavy atom. The molecule has 0 fully saturated rings. The summed E-state index contributed by atoms with van der Waals surface area (Å²) < 4.78 is 13.2. The molecule has 0 spiro atoms. The van der Waals surface area contributed by atoms with Gasteiger partial charge in [-0.1, -0.05) is 33.8 Å². The van der Waals surface area contributed by atoms with E-state index in [1.165, 1.54) is 5.56 Å². The number of hydrogen-bond acceptors (Lipinski definition) is 1. The Labute approximate surface area is 98.1 Å². The van der Waals surface area contributed by atoms with Crippen molar-refractivity contribution < 1.29 is 4.39 Å². The van der Waals surface area contributed by atoms with Crippen molar-refractivity contribution in [2.45, 2.75) is 46.7 Å². The summed E-state index contributed by atoms with van der Waals surface area (Å²) in [6.45, 7) is 9.37. The first-order valence-electron chi connectivity index (χ1n) is 5.99. The van der Waals surface area contributed by atoms with Crippen LogP contribution in [-0.2, 0) is 13.0 Å². The molecule has 0 aliphatic rings. The van der Waals surface area contributed by atoms with Crippen LogP contribution >= 0.6 is 0 Å². The fraction of sp³-hybridized carbons (Fsp3) is 0.571. The molecule has 0 heterocycles. The molecule has 0 unspecified atom stereocenters. The van der Waals surface area contributed by atoms with Gasteiger partial charge in [0.1, 0.15) is 5.82 Å². The second kappa shape index (κ2) is 6.00. The highest BCUT2D eigenvalue weighted by Crippen LogP contribution is 2.16. The third-order valence-electron chi connectivity index (χ3n) is 2.50. The van der Waals surface area contributed by atoms with Crippen LogP contribution in [0.5, 0.6) is 0 Å². The molecule has 0 saturated heterocycles. The van der Waals surface area contributed by atoms with Crippen molar-refractivity contribution in [3.63, 3.8) is 0 Å². The zero-order valence-corrected chi connectivity index (χ0v) is 10.7. The van der Waals surface area contributed by atoms with Crippen molar-refractivity contribution in [2.24, 2.45) is 5.92 Å². The average Bonchev–Trinajstić information content (AvgIpc) is 2.15. The van der Waals surface area contributed by atoms with Gasteiger partial charge in [0.05, 0.1) is 0 Å². The van der Waals surface area contributed by atoms with Crippen molar-refractivity contribution in [3.05, 3.63) is 35.1 Å². The number of nitrogens with one attached hydrogen (secondary N) is 1. The molecule has 0 aliphatic heterocycles. The molecule has 1 nitrogen and oxygen atoms in total. The highest BCUT2D eigenvalue weighted by molar-refractivity contribution is 5.28. The predicted molar refractivity (Wildman–Crippen MR) is 66.9 cm³/mol. The molecule has 16 heavy (non-hydrogen) atoms. The molecule has 2 heteroatoms. The molecule has 0 radical (unpaired) electrons. The van der Waals surface area contributed by atoms with Gasteiger partial charge in [-0.05, 0) is 35.6 Å². The third kappa shape index (κ3) is 4.31. The van der Waals surface area contributed by atoms with Crippen LogP contribution in [0.2, 0.25) is 0 Å². The molecule has 1 aromatic carbocycles. The lowest BCUT2D eigenvalue weighted by Gasteiger charge is -2.14. The maximum atomic E-state index is 13.2. The van der Waals surface area contributed by atoms with Crippen molar-refractivity contribution in [3.8, 4) is 0 Å². The molecule has 0 atom stereocenters. The van der Waals surface area contributed by atoms with E-state index in [1.807, 2.05) is 6.07 Å². The molecule has 0 amide bonds. The van der Waals surface area contributed by atoms with Crippen LogP contribution in [0.3, 0.4) is 0 Å². The normalized spacial score (nSPS) is 11.4. The Balaban J connectivity index is 2.80. The van der Waals surface area contributed by atoms with E-state index >= 15 is 0 Å². The summed E-state index contributed by atoms with van der Waals surface area (Å²) >= 11 is 0. The molecule has 0 saturated carbocycles. The summed E-state index contributed by atoms with van der Waals surface area (Å²) in [6, 6.07) is 5.55. The maximum absolute atomic E-state index is 13.2. The lowest BCUT2D eigenvalue weighted by molar-refractivity contribution is 0.573. The highest BCUT2D eigenvalue weighted by Gasteiger charge is 2.06. The summed E-state index contributed by atoms with van der Waals surface area (Å²) in [4.78, 5) is 0. The molecule has 1 N–H and O–H groups in total. The van der Waals surface area contributed by atoms with Gasteiger partial charge in [0.15, 0.2) is 0 Å². The Kier molecular flexibility index (Phi) is 4.94. The first kappa shape index (κ1) is 13.2. The number of benzene rings is 1. The van der Waals surface area contributed by atoms with Crippen LogP contribution in [0.4, 0.5) is 4.39 Å². The highest BCUT2D eigenvalue weighted by atomic mass is 19.1. The Hall–Kier alpha value is -0.890. The van der Waals surface area contributed by atoms with Gasteiger partial charge in [0.2, 0.25) is 0 Å². The second-order valence-corrected chi connectivity index (χ2v) is 5.05. The lowest BCUT2D eigenvalue weighted by Crippen LogP contribution is -2.22. The fourth-order valence-electron chi connectivity index (χ4n) is 1.71. The number of halogens is 1. The Bertz CT molecular complexity index is 332. The number of hydrogen-bond donors (Lipinski definition) is 1. The van der Waals surface area contributed by atoms with Crippen LogP contribution in [-0.4, -0.2) is 6.04 Å². The van der Waals surface area contributed by atoms with Crippen molar-refractivity contribution in [1.29, 1.82) is 0 Å². The maximum Gasteiger partial charge on any atom is 0.123 e. The minimum absolute atomic E-state index is 0.135. The minimum Gasteiger partial charge on any atom is -0.310 e. The topological polar surface area (TPSA) is 12.0 Å². The van der Waals surface area contributed by atoms with Gasteiger partial charge in [-0.25, -0.2) is 4.39 Å². The molecular formula is C14H22FN. The standard InChI is InChI=1S/C14H22FN/c1-10(2)7-13-8-14(15)6-5-12(13)9-16-11(3)4/h5-6,8,10-11,16H,7,9H2,1-4H3. The molecule has 0 aliphatic carbocycles. The van der Waals surface area contributed by atoms with Crippen LogP contribution < -0.4 is 5.32 Å². The van der Waals surface area contributed by atoms with Gasteiger partial charge in [-0.15, -0.1) is 0 Å². The van der Waals surface area contributed by atoms with E-state index in [0.29, 0.717) is 12.0 Å². The van der Waals surface area contributed by atoms with Crippen molar-refractivity contribution in [2.75, 3.05) is 0 Å². The van der Waals surface area contributed by atoms with E-state index < -0.39 is 0 Å². The fourth-order valence-corrected chi connectivity index (χ4v) is 1.71. The molecule has 0 aromatic heterocycles. The van der Waals surface area contributed by atoms with Crippen LogP contribution in [0, 0.1) is 11.7 Å².